The zero-order valence-corrected chi connectivity index (χ0v) is 11.0. The minimum Gasteiger partial charge on any atom is -0.493 e. The smallest absolute Gasteiger partial charge is 0.407 e. The van der Waals surface area contributed by atoms with Crippen LogP contribution in [0, 0.1) is 5.92 Å². The molecule has 1 aromatic rings. The first-order chi connectivity index (χ1) is 7.82. The van der Waals surface area contributed by atoms with E-state index in [1.807, 2.05) is 13.8 Å². The number of rotatable bonds is 4. The summed E-state index contributed by atoms with van der Waals surface area (Å²) in [7, 11) is 0. The summed E-state index contributed by atoms with van der Waals surface area (Å²) < 4.78 is 42.9. The van der Waals surface area contributed by atoms with Crippen LogP contribution in [0.3, 0.4) is 0 Å². The summed E-state index contributed by atoms with van der Waals surface area (Å²) >= 11 is 0. The van der Waals surface area contributed by atoms with E-state index in [0.29, 0.717) is 6.61 Å². The molecule has 0 radical (unpaired) electrons. The SMILES string of the molecule is CC(C)COc1ccccc1[C@@H](N)C(F)(F)F.Cl. The van der Waals surface area contributed by atoms with Crippen LogP contribution in [-0.4, -0.2) is 12.8 Å². The molecule has 1 aromatic carbocycles. The third-order valence-corrected chi connectivity index (χ3v) is 2.18. The molecule has 1 atom stereocenters. The van der Waals surface area contributed by atoms with Gasteiger partial charge in [0.05, 0.1) is 6.61 Å². The zero-order chi connectivity index (χ0) is 13.1. The molecule has 18 heavy (non-hydrogen) atoms. The molecule has 0 saturated heterocycles. The lowest BCUT2D eigenvalue weighted by Gasteiger charge is -2.19. The van der Waals surface area contributed by atoms with Crippen molar-refractivity contribution >= 4 is 12.4 Å². The Kier molecular flexibility index (Phi) is 6.49. The normalized spacial score (nSPS) is 13.1. The molecule has 0 aromatic heterocycles. The molecule has 0 saturated carbocycles. The topological polar surface area (TPSA) is 35.2 Å². The Balaban J connectivity index is 0.00000289. The highest BCUT2D eigenvalue weighted by atomic mass is 35.5. The van der Waals surface area contributed by atoms with Gasteiger partial charge in [-0.25, -0.2) is 0 Å². The standard InChI is InChI=1S/C12H16F3NO.ClH/c1-8(2)7-17-10-6-4-3-5-9(10)11(16)12(13,14)15;/h3-6,8,11H,7,16H2,1-2H3;1H/t11-;/m1./s1. The minimum absolute atomic E-state index is 0. The Morgan fingerprint density at radius 1 is 1.22 bits per heavy atom. The highest BCUT2D eigenvalue weighted by Crippen LogP contribution is 2.35. The van der Waals surface area contributed by atoms with E-state index in [-0.39, 0.29) is 29.6 Å². The fourth-order valence-electron chi connectivity index (χ4n) is 1.30. The predicted molar refractivity (Wildman–Crippen MR) is 67.0 cm³/mol. The van der Waals surface area contributed by atoms with Crippen molar-refractivity contribution in [3.8, 4) is 5.75 Å². The van der Waals surface area contributed by atoms with Crippen LogP contribution < -0.4 is 10.5 Å². The van der Waals surface area contributed by atoms with Crippen LogP contribution in [0.25, 0.3) is 0 Å². The van der Waals surface area contributed by atoms with Crippen molar-refractivity contribution in [2.45, 2.75) is 26.1 Å². The van der Waals surface area contributed by atoms with Gasteiger partial charge >= 0.3 is 6.18 Å². The van der Waals surface area contributed by atoms with Crippen molar-refractivity contribution < 1.29 is 17.9 Å². The van der Waals surface area contributed by atoms with E-state index >= 15 is 0 Å². The van der Waals surface area contributed by atoms with Crippen LogP contribution in [0.1, 0.15) is 25.5 Å². The second-order valence-electron chi connectivity index (χ2n) is 4.26. The van der Waals surface area contributed by atoms with Crippen molar-refractivity contribution in [1.29, 1.82) is 0 Å². The van der Waals surface area contributed by atoms with Crippen LogP contribution in [-0.2, 0) is 0 Å². The molecule has 2 N–H and O–H groups in total. The largest absolute Gasteiger partial charge is 0.493 e. The number of hydrogen-bond donors (Lipinski definition) is 1. The van der Waals surface area contributed by atoms with E-state index in [1.165, 1.54) is 18.2 Å². The molecular formula is C12H17ClF3NO. The number of para-hydroxylation sites is 1. The first-order valence-corrected chi connectivity index (χ1v) is 5.36. The van der Waals surface area contributed by atoms with Gasteiger partial charge in [-0.1, -0.05) is 32.0 Å². The molecule has 0 amide bonds. The van der Waals surface area contributed by atoms with Gasteiger partial charge in [-0.05, 0) is 12.0 Å². The van der Waals surface area contributed by atoms with E-state index in [4.69, 9.17) is 10.5 Å². The second kappa shape index (κ2) is 6.85. The number of alkyl halides is 3. The zero-order valence-electron chi connectivity index (χ0n) is 10.2. The van der Waals surface area contributed by atoms with Gasteiger partial charge in [0.1, 0.15) is 11.8 Å². The third-order valence-electron chi connectivity index (χ3n) is 2.18. The van der Waals surface area contributed by atoms with Crippen LogP contribution >= 0.6 is 12.4 Å². The maximum Gasteiger partial charge on any atom is 0.407 e. The van der Waals surface area contributed by atoms with Gasteiger partial charge < -0.3 is 10.5 Å². The van der Waals surface area contributed by atoms with Crippen molar-refractivity contribution in [3.05, 3.63) is 29.8 Å². The first kappa shape index (κ1) is 17.1. The predicted octanol–water partition coefficient (Wildman–Crippen LogP) is 3.71. The fourth-order valence-corrected chi connectivity index (χ4v) is 1.30. The van der Waals surface area contributed by atoms with Gasteiger partial charge in [-0.2, -0.15) is 13.2 Å². The van der Waals surface area contributed by atoms with Gasteiger partial charge in [-0.3, -0.25) is 0 Å². The van der Waals surface area contributed by atoms with E-state index in [2.05, 4.69) is 0 Å². The molecule has 0 aliphatic rings. The van der Waals surface area contributed by atoms with Crippen molar-refractivity contribution in [2.75, 3.05) is 6.61 Å². The summed E-state index contributed by atoms with van der Waals surface area (Å²) in [6.07, 6.45) is -4.46. The molecule has 0 heterocycles. The molecule has 0 aliphatic heterocycles. The van der Waals surface area contributed by atoms with Gasteiger partial charge in [0.25, 0.3) is 0 Å². The molecule has 1 rings (SSSR count). The molecule has 0 bridgehead atoms. The van der Waals surface area contributed by atoms with Crippen molar-refractivity contribution in [3.63, 3.8) is 0 Å². The summed E-state index contributed by atoms with van der Waals surface area (Å²) in [6, 6.07) is 3.98. The third kappa shape index (κ3) is 4.74. The highest BCUT2D eigenvalue weighted by molar-refractivity contribution is 5.85. The van der Waals surface area contributed by atoms with E-state index < -0.39 is 12.2 Å². The Morgan fingerprint density at radius 2 is 1.78 bits per heavy atom. The molecule has 0 aliphatic carbocycles. The Labute approximate surface area is 111 Å². The number of benzene rings is 1. The highest BCUT2D eigenvalue weighted by Gasteiger charge is 2.39. The monoisotopic (exact) mass is 283 g/mol. The molecule has 2 nitrogen and oxygen atoms in total. The molecule has 0 spiro atoms. The van der Waals surface area contributed by atoms with Crippen molar-refractivity contribution in [2.24, 2.45) is 11.7 Å². The van der Waals surface area contributed by atoms with Gasteiger partial charge in [-0.15, -0.1) is 12.4 Å². The maximum absolute atomic E-state index is 12.5. The summed E-state index contributed by atoms with van der Waals surface area (Å²) in [5.74, 6) is 0.441. The Bertz CT molecular complexity index is 369. The lowest BCUT2D eigenvalue weighted by Crippen LogP contribution is -2.29. The molecule has 104 valence electrons. The van der Waals surface area contributed by atoms with Gasteiger partial charge in [0, 0.05) is 5.56 Å². The van der Waals surface area contributed by atoms with E-state index in [9.17, 15) is 13.2 Å². The van der Waals surface area contributed by atoms with Crippen LogP contribution in [0.5, 0.6) is 5.75 Å². The quantitative estimate of drug-likeness (QED) is 0.914. The van der Waals surface area contributed by atoms with E-state index in [1.54, 1.807) is 6.07 Å². The number of halogens is 4. The Hall–Kier alpha value is -0.940. The van der Waals surface area contributed by atoms with Gasteiger partial charge in [0.15, 0.2) is 0 Å². The van der Waals surface area contributed by atoms with Crippen LogP contribution in [0.15, 0.2) is 24.3 Å². The minimum atomic E-state index is -4.46. The molecule has 0 fully saturated rings. The average Bonchev–Trinajstić information content (AvgIpc) is 2.24. The maximum atomic E-state index is 12.5. The second-order valence-corrected chi connectivity index (χ2v) is 4.26. The number of nitrogens with two attached hydrogens (primary N) is 1. The molecular weight excluding hydrogens is 267 g/mol. The first-order valence-electron chi connectivity index (χ1n) is 5.36. The summed E-state index contributed by atoms with van der Waals surface area (Å²) in [6.45, 7) is 4.21. The average molecular weight is 284 g/mol. The van der Waals surface area contributed by atoms with Crippen LogP contribution in [0.2, 0.25) is 0 Å². The lowest BCUT2D eigenvalue weighted by molar-refractivity contribution is -0.149. The van der Waals surface area contributed by atoms with E-state index in [0.717, 1.165) is 0 Å². The fraction of sp³-hybridized carbons (Fsp3) is 0.500. The summed E-state index contributed by atoms with van der Waals surface area (Å²) in [5.41, 5.74) is 5.15. The number of hydrogen-bond acceptors (Lipinski definition) is 2. The molecule has 0 unspecified atom stereocenters. The summed E-state index contributed by atoms with van der Waals surface area (Å²) in [5, 5.41) is 0. The Morgan fingerprint density at radius 3 is 2.28 bits per heavy atom. The number of ether oxygens (including phenoxy) is 1. The van der Waals surface area contributed by atoms with Gasteiger partial charge in [0.2, 0.25) is 0 Å². The lowest BCUT2D eigenvalue weighted by atomic mass is 10.1. The molecule has 6 heteroatoms. The van der Waals surface area contributed by atoms with Crippen LogP contribution in [0.4, 0.5) is 13.2 Å². The van der Waals surface area contributed by atoms with Crippen molar-refractivity contribution in [1.82, 2.24) is 0 Å². The summed E-state index contributed by atoms with van der Waals surface area (Å²) in [4.78, 5) is 0.